The van der Waals surface area contributed by atoms with Gasteiger partial charge in [-0.1, -0.05) is 18.2 Å². The molecule has 29 heavy (non-hydrogen) atoms. The number of amides is 1. The molecule has 8 nitrogen and oxygen atoms in total. The smallest absolute Gasteiger partial charge is 0.343 e. The van der Waals surface area contributed by atoms with Gasteiger partial charge in [0.2, 0.25) is 0 Å². The molecule has 0 saturated heterocycles. The first-order valence-corrected chi connectivity index (χ1v) is 8.48. The van der Waals surface area contributed by atoms with Crippen LogP contribution in [-0.2, 0) is 0 Å². The van der Waals surface area contributed by atoms with Crippen LogP contribution in [0.5, 0.6) is 5.75 Å². The van der Waals surface area contributed by atoms with E-state index in [2.05, 4.69) is 10.5 Å². The number of ether oxygens (including phenoxy) is 1. The van der Waals surface area contributed by atoms with Crippen LogP contribution in [0.4, 0.5) is 5.69 Å². The minimum atomic E-state index is -0.541. The van der Waals surface area contributed by atoms with Gasteiger partial charge in [0.15, 0.2) is 0 Å². The largest absolute Gasteiger partial charge is 0.423 e. The Labute approximate surface area is 165 Å². The number of nitro benzene ring substituents is 1. The van der Waals surface area contributed by atoms with Crippen molar-refractivity contribution >= 4 is 23.8 Å². The number of non-ortho nitro benzene ring substituents is 1. The molecule has 0 spiro atoms. The van der Waals surface area contributed by atoms with Gasteiger partial charge in [0.1, 0.15) is 5.75 Å². The second-order valence-corrected chi connectivity index (χ2v) is 5.83. The van der Waals surface area contributed by atoms with E-state index in [1.54, 1.807) is 48.5 Å². The summed E-state index contributed by atoms with van der Waals surface area (Å²) in [5, 5.41) is 14.5. The van der Waals surface area contributed by atoms with Crippen molar-refractivity contribution in [2.24, 2.45) is 5.10 Å². The molecular weight excluding hydrogens is 374 g/mol. The molecule has 0 atom stereocenters. The topological polar surface area (TPSA) is 111 Å². The molecule has 0 aliphatic carbocycles. The molecule has 0 radical (unpaired) electrons. The first kappa shape index (κ1) is 19.4. The van der Waals surface area contributed by atoms with Gasteiger partial charge < -0.3 is 4.74 Å². The van der Waals surface area contributed by atoms with Crippen molar-refractivity contribution in [1.29, 1.82) is 0 Å². The Morgan fingerprint density at radius 3 is 2.17 bits per heavy atom. The number of benzene rings is 3. The molecule has 3 rings (SSSR count). The van der Waals surface area contributed by atoms with Crippen LogP contribution in [0.2, 0.25) is 0 Å². The summed E-state index contributed by atoms with van der Waals surface area (Å²) in [6, 6.07) is 20.4. The van der Waals surface area contributed by atoms with Gasteiger partial charge in [0, 0.05) is 17.7 Å². The van der Waals surface area contributed by atoms with Crippen molar-refractivity contribution in [3.63, 3.8) is 0 Å². The number of carbonyl (C=O) groups is 2. The first-order chi connectivity index (χ1) is 14.0. The highest BCUT2D eigenvalue weighted by Crippen LogP contribution is 2.14. The van der Waals surface area contributed by atoms with Crippen LogP contribution in [-0.4, -0.2) is 23.0 Å². The highest BCUT2D eigenvalue weighted by atomic mass is 16.6. The maximum absolute atomic E-state index is 12.0. The Morgan fingerprint density at radius 1 is 0.897 bits per heavy atom. The lowest BCUT2D eigenvalue weighted by Crippen LogP contribution is -2.17. The van der Waals surface area contributed by atoms with E-state index in [-0.39, 0.29) is 11.3 Å². The fourth-order valence-corrected chi connectivity index (χ4v) is 2.33. The fourth-order valence-electron chi connectivity index (χ4n) is 2.33. The number of carbonyl (C=O) groups excluding carboxylic acids is 2. The molecule has 0 unspecified atom stereocenters. The quantitative estimate of drug-likeness (QED) is 0.228. The molecular formula is C21H15N3O5. The van der Waals surface area contributed by atoms with Gasteiger partial charge in [-0.25, -0.2) is 10.2 Å². The molecule has 0 heterocycles. The molecule has 3 aromatic rings. The van der Waals surface area contributed by atoms with Crippen LogP contribution in [0.1, 0.15) is 26.3 Å². The zero-order chi connectivity index (χ0) is 20.6. The number of nitro groups is 1. The molecule has 1 amide bonds. The minimum absolute atomic E-state index is 0.0990. The Bertz CT molecular complexity index is 1050. The summed E-state index contributed by atoms with van der Waals surface area (Å²) in [6.45, 7) is 0. The Hall–Kier alpha value is -4.33. The van der Waals surface area contributed by atoms with Gasteiger partial charge in [-0.2, -0.15) is 5.10 Å². The molecule has 0 fully saturated rings. The molecule has 144 valence electrons. The molecule has 8 heteroatoms. The van der Waals surface area contributed by atoms with E-state index in [9.17, 15) is 19.7 Å². The van der Waals surface area contributed by atoms with Crippen molar-refractivity contribution in [2.75, 3.05) is 0 Å². The maximum atomic E-state index is 12.0. The minimum Gasteiger partial charge on any atom is -0.423 e. The average molecular weight is 389 g/mol. The summed E-state index contributed by atoms with van der Waals surface area (Å²) in [7, 11) is 0. The van der Waals surface area contributed by atoms with Crippen molar-refractivity contribution in [3.05, 3.63) is 106 Å². The summed E-state index contributed by atoms with van der Waals surface area (Å²) in [5.74, 6) is -0.571. The van der Waals surface area contributed by atoms with E-state index in [4.69, 9.17) is 4.74 Å². The van der Waals surface area contributed by atoms with Gasteiger partial charge in [0.05, 0.1) is 16.7 Å². The number of hydrazone groups is 1. The Morgan fingerprint density at radius 2 is 1.55 bits per heavy atom. The average Bonchev–Trinajstić information content (AvgIpc) is 2.75. The van der Waals surface area contributed by atoms with E-state index < -0.39 is 16.8 Å². The summed E-state index contributed by atoms with van der Waals surface area (Å²) < 4.78 is 5.28. The summed E-state index contributed by atoms with van der Waals surface area (Å²) in [5.41, 5.74) is 3.61. The SMILES string of the molecule is O=C(NN=Cc1ccc(OC(=O)c2ccccc2)cc1)c1ccc([N+](=O)[O-])cc1. The molecule has 0 saturated carbocycles. The van der Waals surface area contributed by atoms with Crippen molar-refractivity contribution in [1.82, 2.24) is 5.43 Å². The van der Waals surface area contributed by atoms with Gasteiger partial charge in [-0.3, -0.25) is 14.9 Å². The lowest BCUT2D eigenvalue weighted by atomic mass is 10.2. The number of nitrogens with zero attached hydrogens (tertiary/aromatic N) is 2. The molecule has 1 N–H and O–H groups in total. The first-order valence-electron chi connectivity index (χ1n) is 8.48. The molecule has 0 bridgehead atoms. The zero-order valence-corrected chi connectivity index (χ0v) is 15.0. The molecule has 0 aliphatic heterocycles. The van der Waals surface area contributed by atoms with E-state index in [0.29, 0.717) is 16.9 Å². The van der Waals surface area contributed by atoms with Gasteiger partial charge in [0.25, 0.3) is 11.6 Å². The molecule has 3 aromatic carbocycles. The Kier molecular flexibility index (Phi) is 6.06. The van der Waals surface area contributed by atoms with Gasteiger partial charge in [-0.15, -0.1) is 0 Å². The third-order valence-electron chi connectivity index (χ3n) is 3.82. The van der Waals surface area contributed by atoms with Crippen LogP contribution in [0, 0.1) is 10.1 Å². The van der Waals surface area contributed by atoms with Crippen molar-refractivity contribution in [2.45, 2.75) is 0 Å². The lowest BCUT2D eigenvalue weighted by Gasteiger charge is -2.04. The number of nitrogens with one attached hydrogen (secondary N) is 1. The predicted octanol–water partition coefficient (Wildman–Crippen LogP) is 3.58. The van der Waals surface area contributed by atoms with Gasteiger partial charge in [-0.05, 0) is 54.1 Å². The third-order valence-corrected chi connectivity index (χ3v) is 3.82. The summed E-state index contributed by atoms with van der Waals surface area (Å²) in [4.78, 5) is 34.1. The van der Waals surface area contributed by atoms with Crippen LogP contribution >= 0.6 is 0 Å². The van der Waals surface area contributed by atoms with Crippen LogP contribution in [0.15, 0.2) is 84.0 Å². The number of rotatable bonds is 6. The standard InChI is InChI=1S/C21H15N3O5/c25-20(16-8-10-18(11-9-16)24(27)28)23-22-14-15-6-12-19(13-7-15)29-21(26)17-4-2-1-3-5-17/h1-14H,(H,23,25). The second-order valence-electron chi connectivity index (χ2n) is 5.83. The number of hydrogen-bond donors (Lipinski definition) is 1. The third kappa shape index (κ3) is 5.33. The maximum Gasteiger partial charge on any atom is 0.343 e. The molecule has 0 aromatic heterocycles. The normalized spacial score (nSPS) is 10.5. The summed E-state index contributed by atoms with van der Waals surface area (Å²) >= 11 is 0. The summed E-state index contributed by atoms with van der Waals surface area (Å²) in [6.07, 6.45) is 1.42. The van der Waals surface area contributed by atoms with E-state index in [0.717, 1.165) is 0 Å². The highest BCUT2D eigenvalue weighted by Gasteiger charge is 2.09. The van der Waals surface area contributed by atoms with E-state index in [1.165, 1.54) is 30.5 Å². The zero-order valence-electron chi connectivity index (χ0n) is 15.0. The highest BCUT2D eigenvalue weighted by molar-refractivity contribution is 5.95. The van der Waals surface area contributed by atoms with Crippen LogP contribution in [0.3, 0.4) is 0 Å². The monoisotopic (exact) mass is 389 g/mol. The van der Waals surface area contributed by atoms with Crippen molar-refractivity contribution < 1.29 is 19.2 Å². The Balaban J connectivity index is 1.55. The van der Waals surface area contributed by atoms with Crippen molar-refractivity contribution in [3.8, 4) is 5.75 Å². The van der Waals surface area contributed by atoms with Crippen LogP contribution < -0.4 is 10.2 Å². The van der Waals surface area contributed by atoms with Crippen LogP contribution in [0.25, 0.3) is 0 Å². The van der Waals surface area contributed by atoms with E-state index >= 15 is 0 Å². The predicted molar refractivity (Wildman–Crippen MR) is 106 cm³/mol. The lowest BCUT2D eigenvalue weighted by molar-refractivity contribution is -0.384. The fraction of sp³-hybridized carbons (Fsp3) is 0. The molecule has 0 aliphatic rings. The van der Waals surface area contributed by atoms with E-state index in [1.807, 2.05) is 6.07 Å². The van der Waals surface area contributed by atoms with Gasteiger partial charge >= 0.3 is 5.97 Å². The second kappa shape index (κ2) is 9.05. The number of esters is 1. The number of hydrogen-bond acceptors (Lipinski definition) is 6.